The molecule has 0 aliphatic carbocycles. The molecular formula is C17H15N3O7S. The fourth-order valence-corrected chi connectivity index (χ4v) is 3.61. The van der Waals surface area contributed by atoms with Gasteiger partial charge in [0.25, 0.3) is 5.69 Å². The molecule has 3 rings (SSSR count). The monoisotopic (exact) mass is 405 g/mol. The third kappa shape index (κ3) is 4.50. The minimum atomic E-state index is -3.81. The maximum Gasteiger partial charge on any atom is 0.338 e. The average Bonchev–Trinajstić information content (AvgIpc) is 2.91. The fraction of sp³-hybridized carbons (Fsp3) is 0.176. The van der Waals surface area contributed by atoms with Crippen LogP contribution >= 0.6 is 0 Å². The molecule has 1 saturated heterocycles. The highest BCUT2D eigenvalue weighted by Gasteiger charge is 2.33. The van der Waals surface area contributed by atoms with E-state index in [2.05, 4.69) is 0 Å². The van der Waals surface area contributed by atoms with E-state index >= 15 is 0 Å². The number of esters is 1. The minimum Gasteiger partial charge on any atom is -0.457 e. The van der Waals surface area contributed by atoms with Crippen LogP contribution in [0.1, 0.15) is 21.5 Å². The summed E-state index contributed by atoms with van der Waals surface area (Å²) in [5, 5.41) is 10.6. The summed E-state index contributed by atoms with van der Waals surface area (Å²) in [6.45, 7) is -0.293. The molecule has 1 aliphatic rings. The zero-order valence-electron chi connectivity index (χ0n) is 14.4. The molecule has 10 nitrogen and oxygen atoms in total. The topological polar surface area (TPSA) is 136 Å². The summed E-state index contributed by atoms with van der Waals surface area (Å²) >= 11 is 0. The van der Waals surface area contributed by atoms with Crippen molar-refractivity contribution in [3.63, 3.8) is 0 Å². The van der Waals surface area contributed by atoms with Gasteiger partial charge in [-0.3, -0.25) is 14.9 Å². The van der Waals surface area contributed by atoms with Crippen LogP contribution in [0, 0.1) is 10.1 Å². The molecule has 0 bridgehead atoms. The lowest BCUT2D eigenvalue weighted by molar-refractivity contribution is -0.384. The molecule has 2 aromatic rings. The highest BCUT2D eigenvalue weighted by Crippen LogP contribution is 2.15. The summed E-state index contributed by atoms with van der Waals surface area (Å²) in [6, 6.07) is 11.8. The van der Waals surface area contributed by atoms with E-state index in [4.69, 9.17) is 4.74 Å². The van der Waals surface area contributed by atoms with E-state index in [9.17, 15) is 28.1 Å². The lowest BCUT2D eigenvalue weighted by Gasteiger charge is -2.12. The molecule has 0 atom stereocenters. The predicted molar refractivity (Wildman–Crippen MR) is 96.1 cm³/mol. The second-order valence-electron chi connectivity index (χ2n) is 5.99. The Balaban J connectivity index is 1.57. The van der Waals surface area contributed by atoms with Crippen LogP contribution in [0.15, 0.2) is 48.5 Å². The van der Waals surface area contributed by atoms with Crippen LogP contribution in [0.3, 0.4) is 0 Å². The number of carbonyl (C=O) groups is 2. The third-order valence-electron chi connectivity index (χ3n) is 3.97. The number of nitro benzene ring substituents is 1. The molecule has 0 spiro atoms. The summed E-state index contributed by atoms with van der Waals surface area (Å²) in [7, 11) is -3.81. The lowest BCUT2D eigenvalue weighted by atomic mass is 10.1. The van der Waals surface area contributed by atoms with Crippen molar-refractivity contribution in [1.82, 2.24) is 9.03 Å². The Bertz CT molecular complexity index is 1020. The summed E-state index contributed by atoms with van der Waals surface area (Å²) in [5.74, 6) is -1.18. The van der Waals surface area contributed by atoms with Crippen LogP contribution in [0.25, 0.3) is 0 Å². The summed E-state index contributed by atoms with van der Waals surface area (Å²) in [6.07, 6.45) is 0. The molecule has 0 unspecified atom stereocenters. The van der Waals surface area contributed by atoms with Gasteiger partial charge in [-0.15, -0.1) is 0 Å². The lowest BCUT2D eigenvalue weighted by Crippen LogP contribution is -2.29. The van der Waals surface area contributed by atoms with Crippen molar-refractivity contribution in [3.8, 4) is 0 Å². The van der Waals surface area contributed by atoms with E-state index in [-0.39, 0.29) is 30.9 Å². The molecule has 1 amide bonds. The van der Waals surface area contributed by atoms with Gasteiger partial charge in [-0.1, -0.05) is 12.1 Å². The molecule has 0 radical (unpaired) electrons. The average molecular weight is 405 g/mol. The first kappa shape index (κ1) is 19.5. The van der Waals surface area contributed by atoms with Gasteiger partial charge in [-0.25, -0.2) is 9.52 Å². The minimum absolute atomic E-state index is 0.000798. The maximum absolute atomic E-state index is 12.1. The summed E-state index contributed by atoms with van der Waals surface area (Å²) < 4.78 is 31.5. The number of amides is 1. The predicted octanol–water partition coefficient (Wildman–Crippen LogP) is 1.13. The quantitative estimate of drug-likeness (QED) is 0.432. The zero-order chi connectivity index (χ0) is 20.3. The molecule has 2 aromatic carbocycles. The Morgan fingerprint density at radius 3 is 2.25 bits per heavy atom. The van der Waals surface area contributed by atoms with Crippen LogP contribution in [0.2, 0.25) is 0 Å². The van der Waals surface area contributed by atoms with Gasteiger partial charge in [0.05, 0.1) is 17.0 Å². The molecule has 1 fully saturated rings. The van der Waals surface area contributed by atoms with Crippen molar-refractivity contribution in [2.45, 2.75) is 13.2 Å². The Kier molecular flexibility index (Phi) is 5.38. The van der Waals surface area contributed by atoms with Crippen molar-refractivity contribution < 1.29 is 27.7 Å². The first-order valence-electron chi connectivity index (χ1n) is 8.05. The van der Waals surface area contributed by atoms with E-state index in [1.54, 1.807) is 12.1 Å². The molecule has 1 N–H and O–H groups in total. The molecule has 28 heavy (non-hydrogen) atoms. The second kappa shape index (κ2) is 7.74. The van der Waals surface area contributed by atoms with Crippen molar-refractivity contribution >= 4 is 27.8 Å². The van der Waals surface area contributed by atoms with Crippen LogP contribution in [0.5, 0.6) is 0 Å². The number of nitrogens with one attached hydrogen (secondary N) is 1. The molecule has 146 valence electrons. The number of hydrogen-bond acceptors (Lipinski definition) is 7. The zero-order valence-corrected chi connectivity index (χ0v) is 15.2. The van der Waals surface area contributed by atoms with Crippen molar-refractivity contribution in [3.05, 3.63) is 75.3 Å². The van der Waals surface area contributed by atoms with E-state index in [1.165, 1.54) is 36.4 Å². The van der Waals surface area contributed by atoms with Gasteiger partial charge in [-0.05, 0) is 35.4 Å². The van der Waals surface area contributed by atoms with E-state index < -0.39 is 27.0 Å². The number of non-ortho nitro benzene ring substituents is 1. The van der Waals surface area contributed by atoms with Gasteiger partial charge >= 0.3 is 16.2 Å². The van der Waals surface area contributed by atoms with Crippen LogP contribution in [-0.4, -0.2) is 36.1 Å². The molecule has 11 heteroatoms. The second-order valence-corrected chi connectivity index (χ2v) is 7.67. The van der Waals surface area contributed by atoms with Gasteiger partial charge in [0.1, 0.15) is 6.61 Å². The first-order chi connectivity index (χ1) is 13.2. The number of rotatable bonds is 6. The van der Waals surface area contributed by atoms with Gasteiger partial charge in [-0.2, -0.15) is 12.7 Å². The van der Waals surface area contributed by atoms with Gasteiger partial charge in [0.2, 0.25) is 5.91 Å². The van der Waals surface area contributed by atoms with Crippen LogP contribution < -0.4 is 4.72 Å². The van der Waals surface area contributed by atoms with Crippen molar-refractivity contribution in [2.24, 2.45) is 0 Å². The van der Waals surface area contributed by atoms with E-state index in [1.807, 2.05) is 4.72 Å². The SMILES string of the molecule is O=C1CN(Cc2ccc(C(=O)OCc3ccc([N+](=O)[O-])cc3)cc2)S(=O)(=O)N1. The summed E-state index contributed by atoms with van der Waals surface area (Å²) in [5.41, 5.74) is 1.42. The fourth-order valence-electron chi connectivity index (χ4n) is 2.52. The number of nitrogens with zero attached hydrogens (tertiary/aromatic N) is 2. The highest BCUT2D eigenvalue weighted by molar-refractivity contribution is 7.88. The number of nitro groups is 1. The number of carbonyl (C=O) groups excluding carboxylic acids is 2. The Labute approximate surface area is 160 Å². The van der Waals surface area contributed by atoms with Gasteiger partial charge in [0, 0.05) is 18.7 Å². The summed E-state index contributed by atoms with van der Waals surface area (Å²) in [4.78, 5) is 33.4. The normalized spacial score (nSPS) is 15.8. The third-order valence-corrected chi connectivity index (χ3v) is 5.39. The Hall–Kier alpha value is -3.31. The number of ether oxygens (including phenoxy) is 1. The van der Waals surface area contributed by atoms with Crippen molar-refractivity contribution in [1.29, 1.82) is 0 Å². The van der Waals surface area contributed by atoms with E-state index in [0.29, 0.717) is 11.1 Å². The number of hydrogen-bond donors (Lipinski definition) is 1. The standard InChI is InChI=1S/C17H15N3O7S/c21-16-10-19(28(25,26)18-16)9-12-1-5-14(6-2-12)17(22)27-11-13-3-7-15(8-4-13)20(23)24/h1-8H,9-11H2,(H,18,21). The maximum atomic E-state index is 12.1. The first-order valence-corrected chi connectivity index (χ1v) is 9.49. The van der Waals surface area contributed by atoms with Crippen molar-refractivity contribution in [2.75, 3.05) is 6.54 Å². The van der Waals surface area contributed by atoms with Gasteiger partial charge < -0.3 is 4.74 Å². The Morgan fingerprint density at radius 1 is 1.11 bits per heavy atom. The highest BCUT2D eigenvalue weighted by atomic mass is 32.2. The Morgan fingerprint density at radius 2 is 1.71 bits per heavy atom. The van der Waals surface area contributed by atoms with Crippen LogP contribution in [-0.2, 0) is 32.9 Å². The molecule has 1 aliphatic heterocycles. The molecular weight excluding hydrogens is 390 g/mol. The van der Waals surface area contributed by atoms with E-state index in [0.717, 1.165) is 4.31 Å². The van der Waals surface area contributed by atoms with Crippen LogP contribution in [0.4, 0.5) is 5.69 Å². The smallest absolute Gasteiger partial charge is 0.338 e. The largest absolute Gasteiger partial charge is 0.457 e. The molecule has 1 heterocycles. The number of benzene rings is 2. The molecule has 0 saturated carbocycles. The van der Waals surface area contributed by atoms with Gasteiger partial charge in [0.15, 0.2) is 0 Å². The molecule has 0 aromatic heterocycles.